The summed E-state index contributed by atoms with van der Waals surface area (Å²) in [4.78, 5) is 2.67. The van der Waals surface area contributed by atoms with Crippen LogP contribution in [0.1, 0.15) is 71.6 Å². The minimum Gasteiger partial charge on any atom is -0.310 e. The van der Waals surface area contributed by atoms with Gasteiger partial charge in [-0.25, -0.2) is 0 Å². The Morgan fingerprint density at radius 3 is 2.47 bits per heavy atom. The number of nitrogens with one attached hydrogen (secondary N) is 1. The van der Waals surface area contributed by atoms with Gasteiger partial charge in [0.2, 0.25) is 0 Å². The van der Waals surface area contributed by atoms with Crippen molar-refractivity contribution in [3.63, 3.8) is 0 Å². The Hall–Kier alpha value is -0.0800. The van der Waals surface area contributed by atoms with E-state index in [2.05, 4.69) is 24.1 Å². The van der Waals surface area contributed by atoms with Crippen LogP contribution in [-0.4, -0.2) is 36.6 Å². The van der Waals surface area contributed by atoms with Crippen molar-refractivity contribution in [2.24, 2.45) is 5.92 Å². The van der Waals surface area contributed by atoms with Gasteiger partial charge in [-0.2, -0.15) is 0 Å². The fourth-order valence-electron chi connectivity index (χ4n) is 3.99. The second-order valence-corrected chi connectivity index (χ2v) is 6.79. The maximum absolute atomic E-state index is 3.99. The van der Waals surface area contributed by atoms with Gasteiger partial charge >= 0.3 is 0 Å². The monoisotopic (exact) mass is 266 g/mol. The Morgan fingerprint density at radius 1 is 1.00 bits per heavy atom. The molecule has 1 aliphatic heterocycles. The van der Waals surface area contributed by atoms with Crippen molar-refractivity contribution >= 4 is 0 Å². The van der Waals surface area contributed by atoms with Crippen molar-refractivity contribution < 1.29 is 0 Å². The first-order valence-electron chi connectivity index (χ1n) is 8.80. The van der Waals surface area contributed by atoms with Crippen LogP contribution in [0, 0.1) is 5.92 Å². The molecule has 1 saturated carbocycles. The standard InChI is InChI=1S/C17H34N2/c1-3-5-9-15-12-17(14-19(4-2)13-15)18-16-10-7-6-8-11-16/h15-18H,3-14H2,1-2H3. The number of rotatable bonds is 6. The Morgan fingerprint density at radius 2 is 1.79 bits per heavy atom. The second-order valence-electron chi connectivity index (χ2n) is 6.79. The van der Waals surface area contributed by atoms with Crippen molar-refractivity contribution in [3.05, 3.63) is 0 Å². The topological polar surface area (TPSA) is 15.3 Å². The third kappa shape index (κ3) is 5.07. The zero-order chi connectivity index (χ0) is 13.5. The van der Waals surface area contributed by atoms with E-state index in [1.165, 1.54) is 77.4 Å². The van der Waals surface area contributed by atoms with Crippen LogP contribution in [-0.2, 0) is 0 Å². The third-order valence-electron chi connectivity index (χ3n) is 5.10. The van der Waals surface area contributed by atoms with Crippen LogP contribution < -0.4 is 5.32 Å². The predicted molar refractivity (Wildman–Crippen MR) is 83.5 cm³/mol. The highest BCUT2D eigenvalue weighted by Gasteiger charge is 2.27. The molecule has 0 aromatic heterocycles. The first-order chi connectivity index (χ1) is 9.31. The predicted octanol–water partition coefficient (Wildman–Crippen LogP) is 3.81. The lowest BCUT2D eigenvalue weighted by Gasteiger charge is -2.40. The quantitative estimate of drug-likeness (QED) is 0.786. The number of hydrogen-bond acceptors (Lipinski definition) is 2. The zero-order valence-corrected chi connectivity index (χ0v) is 13.2. The van der Waals surface area contributed by atoms with E-state index in [-0.39, 0.29) is 0 Å². The fourth-order valence-corrected chi connectivity index (χ4v) is 3.99. The number of nitrogens with zero attached hydrogens (tertiary/aromatic N) is 1. The van der Waals surface area contributed by atoms with Gasteiger partial charge in [-0.1, -0.05) is 46.0 Å². The molecule has 112 valence electrons. The molecule has 1 saturated heterocycles. The third-order valence-corrected chi connectivity index (χ3v) is 5.10. The number of unbranched alkanes of at least 4 members (excludes halogenated alkanes) is 1. The first-order valence-corrected chi connectivity index (χ1v) is 8.80. The molecular weight excluding hydrogens is 232 g/mol. The van der Waals surface area contributed by atoms with Gasteiger partial charge in [-0.15, -0.1) is 0 Å². The summed E-state index contributed by atoms with van der Waals surface area (Å²) >= 11 is 0. The van der Waals surface area contributed by atoms with E-state index in [1.807, 2.05) is 0 Å². The van der Waals surface area contributed by atoms with Crippen molar-refractivity contribution in [2.75, 3.05) is 19.6 Å². The van der Waals surface area contributed by atoms with E-state index < -0.39 is 0 Å². The van der Waals surface area contributed by atoms with E-state index in [1.54, 1.807) is 0 Å². The number of likely N-dealkylation sites (N-methyl/N-ethyl adjacent to an activating group) is 1. The molecule has 2 unspecified atom stereocenters. The molecule has 2 atom stereocenters. The Kier molecular flexibility index (Phi) is 6.66. The zero-order valence-electron chi connectivity index (χ0n) is 13.2. The van der Waals surface area contributed by atoms with Crippen molar-refractivity contribution in [1.29, 1.82) is 0 Å². The van der Waals surface area contributed by atoms with E-state index in [9.17, 15) is 0 Å². The van der Waals surface area contributed by atoms with Crippen LogP contribution in [0.3, 0.4) is 0 Å². The molecule has 0 spiro atoms. The molecule has 0 bridgehead atoms. The molecule has 1 N–H and O–H groups in total. The molecule has 1 heterocycles. The summed E-state index contributed by atoms with van der Waals surface area (Å²) in [6, 6.07) is 1.58. The van der Waals surface area contributed by atoms with E-state index in [0.717, 1.165) is 18.0 Å². The molecule has 0 aromatic rings. The molecule has 1 aliphatic carbocycles. The lowest BCUT2D eigenvalue weighted by Crippen LogP contribution is -2.52. The van der Waals surface area contributed by atoms with Crippen LogP contribution in [0.4, 0.5) is 0 Å². The van der Waals surface area contributed by atoms with E-state index in [4.69, 9.17) is 0 Å². The van der Waals surface area contributed by atoms with Crippen molar-refractivity contribution in [2.45, 2.75) is 83.7 Å². The largest absolute Gasteiger partial charge is 0.310 e. The normalized spacial score (nSPS) is 30.6. The summed E-state index contributed by atoms with van der Waals surface area (Å²) in [5.41, 5.74) is 0. The van der Waals surface area contributed by atoms with Crippen LogP contribution in [0.15, 0.2) is 0 Å². The highest BCUT2D eigenvalue weighted by Crippen LogP contribution is 2.24. The van der Waals surface area contributed by atoms with Gasteiger partial charge in [0, 0.05) is 25.2 Å². The Bertz CT molecular complexity index is 235. The summed E-state index contributed by atoms with van der Waals surface area (Å²) in [6.07, 6.45) is 12.8. The van der Waals surface area contributed by atoms with Gasteiger partial charge in [0.05, 0.1) is 0 Å². The molecule has 0 amide bonds. The van der Waals surface area contributed by atoms with Crippen LogP contribution in [0.2, 0.25) is 0 Å². The maximum atomic E-state index is 3.99. The first kappa shape index (κ1) is 15.3. The average molecular weight is 266 g/mol. The molecule has 19 heavy (non-hydrogen) atoms. The molecule has 2 fully saturated rings. The summed E-state index contributed by atoms with van der Waals surface area (Å²) in [6.45, 7) is 8.50. The molecule has 2 rings (SSSR count). The van der Waals surface area contributed by atoms with Crippen molar-refractivity contribution in [3.8, 4) is 0 Å². The molecule has 0 radical (unpaired) electrons. The number of piperidine rings is 1. The van der Waals surface area contributed by atoms with Crippen LogP contribution in [0.25, 0.3) is 0 Å². The van der Waals surface area contributed by atoms with E-state index in [0.29, 0.717) is 0 Å². The number of hydrogen-bond donors (Lipinski definition) is 1. The minimum atomic E-state index is 0.763. The SMILES string of the molecule is CCCCC1CC(NC2CCCCC2)CN(CC)C1. The fraction of sp³-hybridized carbons (Fsp3) is 1.00. The average Bonchev–Trinajstić information content (AvgIpc) is 2.46. The van der Waals surface area contributed by atoms with E-state index >= 15 is 0 Å². The second kappa shape index (κ2) is 8.26. The summed E-state index contributed by atoms with van der Waals surface area (Å²) in [7, 11) is 0. The lowest BCUT2D eigenvalue weighted by atomic mass is 9.88. The van der Waals surface area contributed by atoms with Crippen molar-refractivity contribution in [1.82, 2.24) is 10.2 Å². The number of likely N-dealkylation sites (tertiary alicyclic amines) is 1. The van der Waals surface area contributed by atoms with Gasteiger partial charge in [-0.05, 0) is 38.1 Å². The van der Waals surface area contributed by atoms with Crippen LogP contribution in [0.5, 0.6) is 0 Å². The van der Waals surface area contributed by atoms with Crippen LogP contribution >= 0.6 is 0 Å². The van der Waals surface area contributed by atoms with Gasteiger partial charge in [0.25, 0.3) is 0 Å². The lowest BCUT2D eigenvalue weighted by molar-refractivity contribution is 0.130. The Labute approximate surface area is 120 Å². The Balaban J connectivity index is 1.80. The highest BCUT2D eigenvalue weighted by molar-refractivity contribution is 4.86. The smallest absolute Gasteiger partial charge is 0.0200 e. The van der Waals surface area contributed by atoms with Gasteiger partial charge in [0.1, 0.15) is 0 Å². The molecular formula is C17H34N2. The molecule has 2 heteroatoms. The van der Waals surface area contributed by atoms with Gasteiger partial charge in [-0.3, -0.25) is 0 Å². The maximum Gasteiger partial charge on any atom is 0.0200 e. The molecule has 2 aliphatic rings. The molecule has 0 aromatic carbocycles. The van der Waals surface area contributed by atoms with Gasteiger partial charge < -0.3 is 10.2 Å². The summed E-state index contributed by atoms with van der Waals surface area (Å²) < 4.78 is 0. The van der Waals surface area contributed by atoms with Gasteiger partial charge in [0.15, 0.2) is 0 Å². The summed E-state index contributed by atoms with van der Waals surface area (Å²) in [5, 5.41) is 3.99. The highest BCUT2D eigenvalue weighted by atomic mass is 15.2. The minimum absolute atomic E-state index is 0.763. The molecule has 2 nitrogen and oxygen atoms in total. The summed E-state index contributed by atoms with van der Waals surface area (Å²) in [5.74, 6) is 0.940.